The summed E-state index contributed by atoms with van der Waals surface area (Å²) in [5.41, 5.74) is -0.0526. The van der Waals surface area contributed by atoms with E-state index in [-0.39, 0.29) is 11.1 Å². The van der Waals surface area contributed by atoms with E-state index in [1.807, 2.05) is 0 Å². The number of aliphatic hydroxyl groups is 4. The first-order valence-electron chi connectivity index (χ1n) is 12.0. The first-order chi connectivity index (χ1) is 18.0. The zero-order valence-corrected chi connectivity index (χ0v) is 20.5. The second-order valence-corrected chi connectivity index (χ2v) is 9.49. The van der Waals surface area contributed by atoms with Crippen LogP contribution in [0.4, 0.5) is 0 Å². The van der Waals surface area contributed by atoms with Gasteiger partial charge in [-0.05, 0) is 12.1 Å². The van der Waals surface area contributed by atoms with Crippen molar-refractivity contribution in [1.82, 2.24) is 0 Å². The Balaban J connectivity index is 1.67. The van der Waals surface area contributed by atoms with Gasteiger partial charge in [-0.3, -0.25) is 4.79 Å². The molecule has 1 aromatic rings. The molecule has 0 bridgehead atoms. The molecule has 1 aliphatic carbocycles. The van der Waals surface area contributed by atoms with Crippen LogP contribution in [-0.4, -0.2) is 99.3 Å². The highest BCUT2D eigenvalue weighted by Gasteiger charge is 2.61. The predicted molar refractivity (Wildman–Crippen MR) is 123 cm³/mol. The van der Waals surface area contributed by atoms with Gasteiger partial charge in [-0.1, -0.05) is 25.1 Å². The number of fused-ring (bicyclic) bond motifs is 1. The van der Waals surface area contributed by atoms with Crippen molar-refractivity contribution in [3.05, 3.63) is 47.7 Å². The number of esters is 2. The zero-order chi connectivity index (χ0) is 27.7. The van der Waals surface area contributed by atoms with E-state index in [1.165, 1.54) is 12.1 Å². The van der Waals surface area contributed by atoms with Crippen molar-refractivity contribution in [2.75, 3.05) is 6.61 Å². The summed E-state index contributed by atoms with van der Waals surface area (Å²) in [5.74, 6) is -5.45. The SMILES string of the molecule is CC(=O)O[C@@H]1[C@@H](C)[C@H]2[C@@H](O[C@@H]3O[C@@H](CO)[C@@H](O)[C@@H](O)[C@H]3O)OC=C(C(=O)O)[C@@H]2[C@@H]1OC(=O)c1ccccc1. The minimum Gasteiger partial charge on any atom is -0.478 e. The minimum absolute atomic E-state index is 0.201. The molecule has 0 radical (unpaired) electrons. The number of rotatable bonds is 7. The van der Waals surface area contributed by atoms with Gasteiger partial charge in [0.25, 0.3) is 0 Å². The van der Waals surface area contributed by atoms with Gasteiger partial charge in [-0.25, -0.2) is 9.59 Å². The molecule has 2 heterocycles. The third kappa shape index (κ3) is 5.25. The molecule has 0 aromatic heterocycles. The molecule has 1 saturated carbocycles. The van der Waals surface area contributed by atoms with Crippen LogP contribution in [0.2, 0.25) is 0 Å². The summed E-state index contributed by atoms with van der Waals surface area (Å²) in [4.78, 5) is 37.1. The number of benzene rings is 1. The smallest absolute Gasteiger partial charge is 0.338 e. The summed E-state index contributed by atoms with van der Waals surface area (Å²) in [6.45, 7) is 2.12. The van der Waals surface area contributed by atoms with Gasteiger partial charge in [-0.2, -0.15) is 0 Å². The van der Waals surface area contributed by atoms with Gasteiger partial charge in [0.05, 0.1) is 24.0 Å². The van der Waals surface area contributed by atoms with Crippen LogP contribution in [0.3, 0.4) is 0 Å². The number of carboxylic acids is 1. The van der Waals surface area contributed by atoms with Gasteiger partial charge >= 0.3 is 17.9 Å². The van der Waals surface area contributed by atoms with Crippen molar-refractivity contribution >= 4 is 17.9 Å². The van der Waals surface area contributed by atoms with Crippen LogP contribution < -0.4 is 0 Å². The Hall–Kier alpha value is -3.07. The zero-order valence-electron chi connectivity index (χ0n) is 20.5. The normalized spacial score (nSPS) is 38.4. The average molecular weight is 539 g/mol. The average Bonchev–Trinajstić information content (AvgIpc) is 3.15. The van der Waals surface area contributed by atoms with Gasteiger partial charge in [0, 0.05) is 24.7 Å². The van der Waals surface area contributed by atoms with Crippen LogP contribution in [0, 0.1) is 17.8 Å². The lowest BCUT2D eigenvalue weighted by molar-refractivity contribution is -0.343. The summed E-state index contributed by atoms with van der Waals surface area (Å²) in [5, 5.41) is 50.0. The lowest BCUT2D eigenvalue weighted by Gasteiger charge is -2.43. The maximum absolute atomic E-state index is 12.9. The molecule has 4 rings (SSSR count). The molecule has 2 aliphatic heterocycles. The molecule has 0 spiro atoms. The molecule has 0 amide bonds. The van der Waals surface area contributed by atoms with E-state index in [9.17, 15) is 39.9 Å². The summed E-state index contributed by atoms with van der Waals surface area (Å²) in [6, 6.07) is 7.99. The van der Waals surface area contributed by atoms with Crippen LogP contribution in [0.5, 0.6) is 0 Å². The quantitative estimate of drug-likeness (QED) is 0.270. The van der Waals surface area contributed by atoms with E-state index < -0.39 is 91.5 Å². The third-order valence-electron chi connectivity index (χ3n) is 7.14. The van der Waals surface area contributed by atoms with Crippen LogP contribution in [0.15, 0.2) is 42.2 Å². The van der Waals surface area contributed by atoms with E-state index in [1.54, 1.807) is 25.1 Å². The Morgan fingerprint density at radius 1 is 0.947 bits per heavy atom. The van der Waals surface area contributed by atoms with Crippen molar-refractivity contribution in [1.29, 1.82) is 0 Å². The van der Waals surface area contributed by atoms with Crippen molar-refractivity contribution < 1.29 is 63.6 Å². The minimum atomic E-state index is -1.74. The molecule has 3 aliphatic rings. The molecular formula is C25H30O13. The van der Waals surface area contributed by atoms with Crippen molar-refractivity contribution in [2.45, 2.75) is 63.1 Å². The highest BCUT2D eigenvalue weighted by Crippen LogP contribution is 2.50. The van der Waals surface area contributed by atoms with Crippen molar-refractivity contribution in [3.8, 4) is 0 Å². The summed E-state index contributed by atoms with van der Waals surface area (Å²) in [7, 11) is 0. The van der Waals surface area contributed by atoms with Crippen molar-refractivity contribution in [3.63, 3.8) is 0 Å². The Kier molecular flexibility index (Phi) is 8.35. The van der Waals surface area contributed by atoms with E-state index >= 15 is 0 Å². The lowest BCUT2D eigenvalue weighted by atomic mass is 9.82. The van der Waals surface area contributed by atoms with E-state index in [2.05, 4.69) is 0 Å². The highest BCUT2D eigenvalue weighted by molar-refractivity contribution is 5.90. The molecule has 208 valence electrons. The second-order valence-electron chi connectivity index (χ2n) is 9.49. The molecule has 1 aromatic carbocycles. The van der Waals surface area contributed by atoms with Crippen LogP contribution in [0.25, 0.3) is 0 Å². The molecule has 13 heteroatoms. The fraction of sp³-hybridized carbons (Fsp3) is 0.560. The standard InChI is InChI=1S/C25H30O13/c1-10-15-16(21(20(10)35-11(2)27)37-23(33)12-6-4-3-5-7-12)13(22(31)32)9-34-24(15)38-25-19(30)18(29)17(28)14(8-26)36-25/h3-7,9-10,14-21,24-26,28-30H,8H2,1-2H3,(H,31,32)/t10-,14-,15+,16-,17+,18+,19+,20+,21-,24+,25-/m0/s1. The van der Waals surface area contributed by atoms with Gasteiger partial charge in [-0.15, -0.1) is 0 Å². The molecule has 13 nitrogen and oxygen atoms in total. The molecular weight excluding hydrogens is 508 g/mol. The number of carbonyl (C=O) groups is 3. The second kappa shape index (κ2) is 11.4. The fourth-order valence-corrected chi connectivity index (χ4v) is 5.28. The molecule has 2 fully saturated rings. The molecule has 1 saturated heterocycles. The Morgan fingerprint density at radius 3 is 2.24 bits per heavy atom. The van der Waals surface area contributed by atoms with E-state index in [0.29, 0.717) is 0 Å². The maximum Gasteiger partial charge on any atom is 0.338 e. The van der Waals surface area contributed by atoms with Crippen molar-refractivity contribution in [2.24, 2.45) is 17.8 Å². The predicted octanol–water partition coefficient (Wildman–Crippen LogP) is -0.833. The van der Waals surface area contributed by atoms with Crippen LogP contribution >= 0.6 is 0 Å². The monoisotopic (exact) mass is 538 g/mol. The number of hydrogen-bond donors (Lipinski definition) is 5. The number of aliphatic carboxylic acids is 1. The van der Waals surface area contributed by atoms with E-state index in [0.717, 1.165) is 13.2 Å². The topological polar surface area (TPSA) is 199 Å². The summed E-state index contributed by atoms with van der Waals surface area (Å²) in [6.07, 6.45) is -10.6. The molecule has 5 N–H and O–H groups in total. The number of carboxylic acid groups (broad SMARTS) is 1. The van der Waals surface area contributed by atoms with Gasteiger partial charge in [0.15, 0.2) is 6.29 Å². The number of aliphatic hydroxyl groups excluding tert-OH is 4. The first-order valence-corrected chi connectivity index (χ1v) is 12.0. The Bertz CT molecular complexity index is 1060. The van der Waals surface area contributed by atoms with E-state index in [4.69, 9.17) is 23.7 Å². The fourth-order valence-electron chi connectivity index (χ4n) is 5.28. The molecule has 0 unspecified atom stereocenters. The number of ether oxygens (including phenoxy) is 5. The number of hydrogen-bond acceptors (Lipinski definition) is 12. The maximum atomic E-state index is 12.9. The summed E-state index contributed by atoms with van der Waals surface area (Å²) < 4.78 is 28.0. The van der Waals surface area contributed by atoms with Gasteiger partial charge in [0.1, 0.15) is 36.6 Å². The van der Waals surface area contributed by atoms with Crippen LogP contribution in [-0.2, 0) is 33.3 Å². The first kappa shape index (κ1) is 28.0. The van der Waals surface area contributed by atoms with Gasteiger partial charge in [0.2, 0.25) is 6.29 Å². The Morgan fingerprint density at radius 2 is 1.63 bits per heavy atom. The number of carbonyl (C=O) groups excluding carboxylic acids is 2. The lowest BCUT2D eigenvalue weighted by Crippen LogP contribution is -2.60. The Labute approximate surface area is 217 Å². The highest BCUT2D eigenvalue weighted by atomic mass is 16.8. The molecule has 38 heavy (non-hydrogen) atoms. The summed E-state index contributed by atoms with van der Waals surface area (Å²) >= 11 is 0. The van der Waals surface area contributed by atoms with Gasteiger partial charge < -0.3 is 49.2 Å². The third-order valence-corrected chi connectivity index (χ3v) is 7.14. The largest absolute Gasteiger partial charge is 0.478 e. The molecule has 11 atom stereocenters. The van der Waals surface area contributed by atoms with Crippen LogP contribution in [0.1, 0.15) is 24.2 Å².